The molecule has 56 valence electrons. The van der Waals surface area contributed by atoms with Gasteiger partial charge in [0.05, 0.1) is 5.03 Å². The molecule has 0 aliphatic carbocycles. The van der Waals surface area contributed by atoms with Crippen LogP contribution in [0.3, 0.4) is 0 Å². The summed E-state index contributed by atoms with van der Waals surface area (Å²) < 4.78 is 0. The van der Waals surface area contributed by atoms with Crippen molar-refractivity contribution in [2.75, 3.05) is 0 Å². The van der Waals surface area contributed by atoms with Crippen molar-refractivity contribution in [2.45, 2.75) is 13.8 Å². The Morgan fingerprint density at radius 3 is 2.20 bits per heavy atom. The molecule has 0 spiro atoms. The summed E-state index contributed by atoms with van der Waals surface area (Å²) in [6, 6.07) is 0. The summed E-state index contributed by atoms with van der Waals surface area (Å²) in [7, 11) is 0. The van der Waals surface area contributed by atoms with Gasteiger partial charge < -0.3 is 5.32 Å². The smallest absolute Gasteiger partial charge is 0.221 e. The predicted molar refractivity (Wildman–Crippen MR) is 45.4 cm³/mol. The van der Waals surface area contributed by atoms with E-state index in [4.69, 9.17) is 0 Å². The highest BCUT2D eigenvalue weighted by Crippen LogP contribution is 2.18. The van der Waals surface area contributed by atoms with Gasteiger partial charge in [-0.3, -0.25) is 4.79 Å². The summed E-state index contributed by atoms with van der Waals surface area (Å²) >= 11 is 1.36. The molecule has 0 radical (unpaired) electrons. The molecule has 0 aromatic heterocycles. The Bertz CT molecular complexity index is 156. The maximum absolute atomic E-state index is 10.4. The monoisotopic (exact) mass is 157 g/mol. The average Bonchev–Trinajstić information content (AvgIpc) is 1.58. The third-order valence-corrected chi connectivity index (χ3v) is 1.31. The molecular weight excluding hydrogens is 146 g/mol. The fourth-order valence-corrected chi connectivity index (χ4v) is 1.05. The summed E-state index contributed by atoms with van der Waals surface area (Å²) in [5.74, 6) is -0.0984. The number of carbonyl (C=O) groups is 1. The van der Waals surface area contributed by atoms with Gasteiger partial charge in [-0.05, 0) is 11.8 Å². The summed E-state index contributed by atoms with van der Waals surface area (Å²) in [6.45, 7) is 10.6. The Morgan fingerprint density at radius 2 is 1.90 bits per heavy atom. The first-order chi connectivity index (χ1) is 4.52. The number of thioether (sulfide) groups is 1. The molecule has 0 unspecified atom stereocenters. The van der Waals surface area contributed by atoms with Crippen LogP contribution >= 0.6 is 11.8 Å². The fourth-order valence-electron chi connectivity index (χ4n) is 0.432. The molecule has 0 aromatic rings. The number of rotatable bonds is 3. The maximum atomic E-state index is 10.4. The van der Waals surface area contributed by atoms with Gasteiger partial charge in [0, 0.05) is 6.92 Å². The van der Waals surface area contributed by atoms with Crippen LogP contribution < -0.4 is 5.32 Å². The normalized spacial score (nSPS) is 8.60. The van der Waals surface area contributed by atoms with Crippen molar-refractivity contribution >= 4 is 17.7 Å². The average molecular weight is 157 g/mol. The van der Waals surface area contributed by atoms with Crippen LogP contribution in [0.4, 0.5) is 0 Å². The van der Waals surface area contributed by atoms with Crippen LogP contribution in [0.2, 0.25) is 0 Å². The van der Waals surface area contributed by atoms with Crippen molar-refractivity contribution in [3.05, 3.63) is 23.1 Å². The summed E-state index contributed by atoms with van der Waals surface area (Å²) in [4.78, 5) is 11.3. The molecule has 0 rings (SSSR count). The second-order valence-electron chi connectivity index (χ2n) is 1.91. The number of hydrogen-bond acceptors (Lipinski definition) is 2. The van der Waals surface area contributed by atoms with E-state index in [0.717, 1.165) is 4.91 Å². The molecule has 0 bridgehead atoms. The van der Waals surface area contributed by atoms with Gasteiger partial charge >= 0.3 is 0 Å². The van der Waals surface area contributed by atoms with E-state index in [1.54, 1.807) is 0 Å². The number of allylic oxidation sites excluding steroid dienone is 1. The van der Waals surface area contributed by atoms with Crippen LogP contribution in [0.1, 0.15) is 13.8 Å². The molecule has 0 saturated carbocycles. The van der Waals surface area contributed by atoms with Crippen LogP contribution in [-0.4, -0.2) is 5.91 Å². The van der Waals surface area contributed by atoms with Crippen LogP contribution in [0.25, 0.3) is 0 Å². The first kappa shape index (κ1) is 9.30. The van der Waals surface area contributed by atoms with E-state index < -0.39 is 0 Å². The maximum Gasteiger partial charge on any atom is 0.221 e. The summed E-state index contributed by atoms with van der Waals surface area (Å²) in [5.41, 5.74) is 0. The highest BCUT2D eigenvalue weighted by Gasteiger charge is 1.95. The third-order valence-electron chi connectivity index (χ3n) is 0.613. The van der Waals surface area contributed by atoms with Crippen molar-refractivity contribution in [3.8, 4) is 0 Å². The van der Waals surface area contributed by atoms with E-state index in [-0.39, 0.29) is 5.91 Å². The highest BCUT2D eigenvalue weighted by atomic mass is 32.2. The van der Waals surface area contributed by atoms with E-state index in [1.807, 2.05) is 6.92 Å². The molecular formula is C7H11NOS. The Kier molecular flexibility index (Phi) is 3.88. The largest absolute Gasteiger partial charge is 0.321 e. The lowest BCUT2D eigenvalue weighted by atomic mass is 10.7. The lowest BCUT2D eigenvalue weighted by Crippen LogP contribution is -2.16. The number of amides is 1. The topological polar surface area (TPSA) is 29.1 Å². The highest BCUT2D eigenvalue weighted by molar-refractivity contribution is 8.06. The van der Waals surface area contributed by atoms with Gasteiger partial charge in [0.2, 0.25) is 5.91 Å². The second-order valence-corrected chi connectivity index (χ2v) is 3.30. The minimum atomic E-state index is -0.0984. The standard InChI is InChI=1S/C7H11NOS/c1-5(2)10-7(4)8-6(3)9/h1,4H2,2-3H3,(H,8,9). The second kappa shape index (κ2) is 4.17. The van der Waals surface area contributed by atoms with Crippen molar-refractivity contribution in [1.82, 2.24) is 5.32 Å². The van der Waals surface area contributed by atoms with Crippen LogP contribution in [0.5, 0.6) is 0 Å². The van der Waals surface area contributed by atoms with Crippen LogP contribution in [-0.2, 0) is 4.79 Å². The molecule has 0 aliphatic rings. The molecule has 2 nitrogen and oxygen atoms in total. The Morgan fingerprint density at radius 1 is 1.40 bits per heavy atom. The zero-order valence-electron chi connectivity index (χ0n) is 6.23. The van der Waals surface area contributed by atoms with Gasteiger partial charge in [-0.1, -0.05) is 24.9 Å². The zero-order valence-corrected chi connectivity index (χ0v) is 7.05. The van der Waals surface area contributed by atoms with Gasteiger partial charge in [-0.2, -0.15) is 0 Å². The molecule has 0 aliphatic heterocycles. The van der Waals surface area contributed by atoms with E-state index >= 15 is 0 Å². The SMILES string of the molecule is C=C(C)SC(=C)NC(C)=O. The first-order valence-electron chi connectivity index (χ1n) is 2.82. The molecule has 0 heterocycles. The Hall–Kier alpha value is -0.700. The van der Waals surface area contributed by atoms with Crippen LogP contribution in [0.15, 0.2) is 23.1 Å². The number of hydrogen-bond donors (Lipinski definition) is 1. The number of nitrogens with one attached hydrogen (secondary N) is 1. The molecule has 1 N–H and O–H groups in total. The molecule has 10 heavy (non-hydrogen) atoms. The van der Waals surface area contributed by atoms with Crippen molar-refractivity contribution in [3.63, 3.8) is 0 Å². The van der Waals surface area contributed by atoms with E-state index in [1.165, 1.54) is 18.7 Å². The predicted octanol–water partition coefficient (Wildman–Crippen LogP) is 1.86. The molecule has 0 saturated heterocycles. The van der Waals surface area contributed by atoms with Gasteiger partial charge in [0.25, 0.3) is 0 Å². The van der Waals surface area contributed by atoms with Crippen LogP contribution in [0, 0.1) is 0 Å². The Balaban J connectivity index is 3.65. The summed E-state index contributed by atoms with van der Waals surface area (Å²) in [5, 5.41) is 3.17. The van der Waals surface area contributed by atoms with E-state index in [9.17, 15) is 4.79 Å². The van der Waals surface area contributed by atoms with E-state index in [2.05, 4.69) is 18.5 Å². The fraction of sp³-hybridized carbons (Fsp3) is 0.286. The summed E-state index contributed by atoms with van der Waals surface area (Å²) in [6.07, 6.45) is 0. The van der Waals surface area contributed by atoms with Gasteiger partial charge in [-0.15, -0.1) is 0 Å². The third kappa shape index (κ3) is 5.44. The number of carbonyl (C=O) groups excluding carboxylic acids is 1. The minimum Gasteiger partial charge on any atom is -0.321 e. The molecule has 0 aromatic carbocycles. The molecule has 0 atom stereocenters. The Labute approximate surface area is 65.4 Å². The minimum absolute atomic E-state index is 0.0984. The van der Waals surface area contributed by atoms with Gasteiger partial charge in [0.1, 0.15) is 0 Å². The molecule has 1 amide bonds. The zero-order chi connectivity index (χ0) is 8.15. The van der Waals surface area contributed by atoms with Crippen molar-refractivity contribution in [2.24, 2.45) is 0 Å². The quantitative estimate of drug-likeness (QED) is 0.677. The lowest BCUT2D eigenvalue weighted by molar-refractivity contribution is -0.118. The molecule has 0 fully saturated rings. The molecule has 3 heteroatoms. The van der Waals surface area contributed by atoms with Crippen molar-refractivity contribution < 1.29 is 4.79 Å². The van der Waals surface area contributed by atoms with Crippen molar-refractivity contribution in [1.29, 1.82) is 0 Å². The lowest BCUT2D eigenvalue weighted by Gasteiger charge is -2.03. The van der Waals surface area contributed by atoms with E-state index in [0.29, 0.717) is 5.03 Å². The van der Waals surface area contributed by atoms with Gasteiger partial charge in [0.15, 0.2) is 0 Å². The van der Waals surface area contributed by atoms with Gasteiger partial charge in [-0.25, -0.2) is 0 Å². The first-order valence-corrected chi connectivity index (χ1v) is 3.64.